The molecule has 2 N–H and O–H groups in total. The summed E-state index contributed by atoms with van der Waals surface area (Å²) in [5.74, 6) is -0.0413. The number of amides is 1. The molecule has 0 bridgehead atoms. The Morgan fingerprint density at radius 1 is 1.47 bits per heavy atom. The fourth-order valence-electron chi connectivity index (χ4n) is 1.66. The molecule has 0 saturated carbocycles. The Labute approximate surface area is 129 Å². The largest absolute Gasteiger partial charge is 0.399 e. The van der Waals surface area contributed by atoms with Crippen molar-refractivity contribution in [1.82, 2.24) is 4.90 Å². The maximum Gasteiger partial charge on any atom is 0.265 e. The van der Waals surface area contributed by atoms with Crippen LogP contribution in [-0.4, -0.2) is 17.9 Å². The molecular weight excluding hydrogens is 348 g/mol. The maximum atomic E-state index is 12.3. The summed E-state index contributed by atoms with van der Waals surface area (Å²) in [5, 5.41) is 2.48. The van der Waals surface area contributed by atoms with E-state index in [0.29, 0.717) is 22.1 Å². The van der Waals surface area contributed by atoms with Gasteiger partial charge < -0.3 is 10.6 Å². The van der Waals surface area contributed by atoms with E-state index in [2.05, 4.69) is 15.9 Å². The van der Waals surface area contributed by atoms with E-state index in [1.807, 2.05) is 11.4 Å². The second-order valence-corrected chi connectivity index (χ2v) is 6.29. The van der Waals surface area contributed by atoms with Crippen LogP contribution in [0.25, 0.3) is 0 Å². The Bertz CT molecular complexity index is 614. The van der Waals surface area contributed by atoms with Crippen LogP contribution in [0, 0.1) is 0 Å². The van der Waals surface area contributed by atoms with Gasteiger partial charge in [-0.3, -0.25) is 4.79 Å². The number of rotatable bonds is 3. The number of nitrogens with two attached hydrogens (primary N) is 1. The van der Waals surface area contributed by atoms with Crippen molar-refractivity contribution in [2.45, 2.75) is 6.54 Å². The first kappa shape index (κ1) is 14.4. The number of carbonyl (C=O) groups excluding carboxylic acids is 1. The Morgan fingerprint density at radius 3 is 2.84 bits per heavy atom. The van der Waals surface area contributed by atoms with Gasteiger partial charge in [-0.25, -0.2) is 0 Å². The van der Waals surface area contributed by atoms with E-state index < -0.39 is 0 Å². The van der Waals surface area contributed by atoms with E-state index in [4.69, 9.17) is 17.3 Å². The number of benzene rings is 1. The summed E-state index contributed by atoms with van der Waals surface area (Å²) in [7, 11) is 1.74. The number of thiophene rings is 1. The van der Waals surface area contributed by atoms with Crippen LogP contribution in [0.3, 0.4) is 0 Å². The second kappa shape index (κ2) is 5.94. The standard InChI is InChI=1S/C13H12BrClN2OS/c1-17(13(18)12-10(14)4-5-19-12)7-8-6-9(16)2-3-11(8)15/h2-6H,7,16H2,1H3. The molecule has 19 heavy (non-hydrogen) atoms. The van der Waals surface area contributed by atoms with Gasteiger partial charge in [0.25, 0.3) is 5.91 Å². The van der Waals surface area contributed by atoms with E-state index in [1.165, 1.54) is 11.3 Å². The van der Waals surface area contributed by atoms with Gasteiger partial charge in [-0.05, 0) is 51.1 Å². The van der Waals surface area contributed by atoms with Gasteiger partial charge in [-0.1, -0.05) is 11.6 Å². The maximum absolute atomic E-state index is 12.3. The van der Waals surface area contributed by atoms with E-state index in [0.717, 1.165) is 10.0 Å². The van der Waals surface area contributed by atoms with Gasteiger partial charge >= 0.3 is 0 Å². The number of nitrogen functional groups attached to an aromatic ring is 1. The Balaban J connectivity index is 2.17. The number of anilines is 1. The molecule has 1 heterocycles. The second-order valence-electron chi connectivity index (χ2n) is 4.11. The Kier molecular flexibility index (Phi) is 4.50. The number of carbonyl (C=O) groups is 1. The van der Waals surface area contributed by atoms with Crippen LogP contribution in [0.2, 0.25) is 5.02 Å². The predicted octanol–water partition coefficient (Wildman–Crippen LogP) is 4.02. The van der Waals surface area contributed by atoms with Crippen molar-refractivity contribution in [2.75, 3.05) is 12.8 Å². The molecule has 0 aliphatic heterocycles. The van der Waals surface area contributed by atoms with Crippen molar-refractivity contribution in [1.29, 1.82) is 0 Å². The molecule has 0 radical (unpaired) electrons. The van der Waals surface area contributed by atoms with Crippen molar-refractivity contribution < 1.29 is 4.79 Å². The molecule has 100 valence electrons. The van der Waals surface area contributed by atoms with Crippen LogP contribution in [-0.2, 0) is 6.54 Å². The quantitative estimate of drug-likeness (QED) is 0.841. The Hall–Kier alpha value is -1.04. The zero-order valence-corrected chi connectivity index (χ0v) is 13.3. The molecule has 1 aromatic carbocycles. The highest BCUT2D eigenvalue weighted by Crippen LogP contribution is 2.25. The molecule has 0 fully saturated rings. The monoisotopic (exact) mass is 358 g/mol. The Morgan fingerprint density at radius 2 is 2.21 bits per heavy atom. The third-order valence-corrected chi connectivity index (χ3v) is 4.83. The van der Waals surface area contributed by atoms with Gasteiger partial charge in [0, 0.05) is 28.8 Å². The van der Waals surface area contributed by atoms with E-state index >= 15 is 0 Å². The molecule has 2 aromatic rings. The summed E-state index contributed by atoms with van der Waals surface area (Å²) in [5.41, 5.74) is 7.21. The predicted molar refractivity (Wildman–Crippen MR) is 83.7 cm³/mol. The first-order chi connectivity index (χ1) is 8.99. The minimum absolute atomic E-state index is 0.0413. The molecule has 0 atom stereocenters. The van der Waals surface area contributed by atoms with E-state index in [9.17, 15) is 4.79 Å². The van der Waals surface area contributed by atoms with Crippen molar-refractivity contribution in [2.24, 2.45) is 0 Å². The SMILES string of the molecule is CN(Cc1cc(N)ccc1Cl)C(=O)c1sccc1Br. The molecule has 0 saturated heterocycles. The van der Waals surface area contributed by atoms with Crippen molar-refractivity contribution >= 4 is 50.5 Å². The molecular formula is C13H12BrClN2OS. The molecule has 0 aliphatic rings. The highest BCUT2D eigenvalue weighted by atomic mass is 79.9. The van der Waals surface area contributed by atoms with Crippen LogP contribution < -0.4 is 5.73 Å². The van der Waals surface area contributed by atoms with Gasteiger partial charge in [0.15, 0.2) is 0 Å². The van der Waals surface area contributed by atoms with Gasteiger partial charge in [-0.2, -0.15) is 0 Å². The molecule has 2 rings (SSSR count). The van der Waals surface area contributed by atoms with Crippen LogP contribution in [0.1, 0.15) is 15.2 Å². The fourth-order valence-corrected chi connectivity index (χ4v) is 3.37. The average molecular weight is 360 g/mol. The summed E-state index contributed by atoms with van der Waals surface area (Å²) >= 11 is 10.9. The highest BCUT2D eigenvalue weighted by Gasteiger charge is 2.17. The lowest BCUT2D eigenvalue weighted by molar-refractivity contribution is 0.0789. The smallest absolute Gasteiger partial charge is 0.265 e. The summed E-state index contributed by atoms with van der Waals surface area (Å²) in [6.45, 7) is 0.424. The molecule has 3 nitrogen and oxygen atoms in total. The first-order valence-electron chi connectivity index (χ1n) is 5.51. The summed E-state index contributed by atoms with van der Waals surface area (Å²) in [6.07, 6.45) is 0. The lowest BCUT2D eigenvalue weighted by atomic mass is 10.2. The topological polar surface area (TPSA) is 46.3 Å². The molecule has 0 aliphatic carbocycles. The summed E-state index contributed by atoms with van der Waals surface area (Å²) < 4.78 is 0.813. The minimum Gasteiger partial charge on any atom is -0.399 e. The molecule has 0 spiro atoms. The van der Waals surface area contributed by atoms with E-state index in [-0.39, 0.29) is 5.91 Å². The number of hydrogen-bond donors (Lipinski definition) is 1. The van der Waals surface area contributed by atoms with Crippen LogP contribution in [0.5, 0.6) is 0 Å². The van der Waals surface area contributed by atoms with Crippen LogP contribution in [0.15, 0.2) is 34.1 Å². The summed E-state index contributed by atoms with van der Waals surface area (Å²) in [4.78, 5) is 14.6. The van der Waals surface area contributed by atoms with Gasteiger partial charge in [0.2, 0.25) is 0 Å². The first-order valence-corrected chi connectivity index (χ1v) is 7.56. The molecule has 1 amide bonds. The lowest BCUT2D eigenvalue weighted by Gasteiger charge is -2.17. The van der Waals surface area contributed by atoms with Crippen LogP contribution >= 0.6 is 38.9 Å². The van der Waals surface area contributed by atoms with Gasteiger partial charge in [0.1, 0.15) is 4.88 Å². The van der Waals surface area contributed by atoms with Gasteiger partial charge in [-0.15, -0.1) is 11.3 Å². The highest BCUT2D eigenvalue weighted by molar-refractivity contribution is 9.10. The normalized spacial score (nSPS) is 10.5. The lowest BCUT2D eigenvalue weighted by Crippen LogP contribution is -2.25. The van der Waals surface area contributed by atoms with Crippen molar-refractivity contribution in [3.05, 3.63) is 49.6 Å². The third-order valence-electron chi connectivity index (χ3n) is 2.64. The molecule has 6 heteroatoms. The molecule has 0 unspecified atom stereocenters. The minimum atomic E-state index is -0.0413. The fraction of sp³-hybridized carbons (Fsp3) is 0.154. The number of nitrogens with zero attached hydrogens (tertiary/aromatic N) is 1. The van der Waals surface area contributed by atoms with Crippen molar-refractivity contribution in [3.8, 4) is 0 Å². The molecule has 1 aromatic heterocycles. The zero-order chi connectivity index (χ0) is 14.0. The van der Waals surface area contributed by atoms with Crippen LogP contribution in [0.4, 0.5) is 5.69 Å². The zero-order valence-electron chi connectivity index (χ0n) is 10.2. The number of hydrogen-bond acceptors (Lipinski definition) is 3. The van der Waals surface area contributed by atoms with Gasteiger partial charge in [0.05, 0.1) is 0 Å². The number of halogens is 2. The summed E-state index contributed by atoms with van der Waals surface area (Å²) in [6, 6.07) is 7.13. The average Bonchev–Trinajstić information content (AvgIpc) is 2.79. The van der Waals surface area contributed by atoms with E-state index in [1.54, 1.807) is 30.1 Å². The van der Waals surface area contributed by atoms with Crippen molar-refractivity contribution in [3.63, 3.8) is 0 Å². The third kappa shape index (κ3) is 3.29.